The van der Waals surface area contributed by atoms with Gasteiger partial charge in [-0.2, -0.15) is 5.26 Å². The first kappa shape index (κ1) is 18.1. The Hall–Kier alpha value is -3.20. The van der Waals surface area contributed by atoms with Gasteiger partial charge in [-0.25, -0.2) is 0 Å². The Labute approximate surface area is 146 Å². The molecule has 128 valence electrons. The van der Waals surface area contributed by atoms with Crippen molar-refractivity contribution in [3.05, 3.63) is 59.4 Å². The molecule has 1 aromatic heterocycles. The zero-order valence-electron chi connectivity index (χ0n) is 14.2. The van der Waals surface area contributed by atoms with Crippen LogP contribution in [0.2, 0.25) is 0 Å². The molecule has 0 bridgehead atoms. The fourth-order valence-electron chi connectivity index (χ4n) is 2.14. The molecule has 0 aliphatic heterocycles. The summed E-state index contributed by atoms with van der Waals surface area (Å²) >= 11 is 0. The van der Waals surface area contributed by atoms with Crippen molar-refractivity contribution in [1.82, 2.24) is 10.3 Å². The molecule has 0 fully saturated rings. The van der Waals surface area contributed by atoms with E-state index in [0.717, 1.165) is 6.42 Å². The lowest BCUT2D eigenvalue weighted by atomic mass is 10.1. The van der Waals surface area contributed by atoms with Gasteiger partial charge in [0.2, 0.25) is 0 Å². The van der Waals surface area contributed by atoms with Crippen LogP contribution in [0.15, 0.2) is 42.6 Å². The van der Waals surface area contributed by atoms with Crippen LogP contribution in [0.5, 0.6) is 0 Å². The molecular formula is C19H20N4O2. The van der Waals surface area contributed by atoms with Crippen LogP contribution < -0.4 is 10.6 Å². The quantitative estimate of drug-likeness (QED) is 0.848. The number of rotatable bonds is 6. The molecule has 25 heavy (non-hydrogen) atoms. The van der Waals surface area contributed by atoms with Crippen LogP contribution >= 0.6 is 0 Å². The summed E-state index contributed by atoms with van der Waals surface area (Å²) in [5.74, 6) is -0.223. The molecule has 6 heteroatoms. The van der Waals surface area contributed by atoms with Gasteiger partial charge in [-0.1, -0.05) is 26.0 Å². The van der Waals surface area contributed by atoms with Crippen LogP contribution in [0, 0.1) is 17.2 Å². The van der Waals surface area contributed by atoms with E-state index in [2.05, 4.69) is 29.5 Å². The van der Waals surface area contributed by atoms with Crippen LogP contribution in [0.3, 0.4) is 0 Å². The van der Waals surface area contributed by atoms with Crippen molar-refractivity contribution in [3.63, 3.8) is 0 Å². The standard InChI is InChI=1S/C19H20N4O2/c1-13(2)7-9-22-19(25)17-11-14(8-10-21-17)18(24)23-16-6-4-3-5-15(16)12-20/h3-6,8,10-11,13H,7,9H2,1-2H3,(H,22,25)(H,23,24). The van der Waals surface area contributed by atoms with E-state index in [9.17, 15) is 9.59 Å². The van der Waals surface area contributed by atoms with E-state index in [4.69, 9.17) is 5.26 Å². The first-order valence-electron chi connectivity index (χ1n) is 8.06. The number of carbonyl (C=O) groups excluding carboxylic acids is 2. The summed E-state index contributed by atoms with van der Waals surface area (Å²) in [6, 6.07) is 11.7. The average molecular weight is 336 g/mol. The Bertz CT molecular complexity index is 809. The summed E-state index contributed by atoms with van der Waals surface area (Å²) in [6.07, 6.45) is 2.29. The van der Waals surface area contributed by atoms with Crippen LogP contribution in [-0.4, -0.2) is 23.3 Å². The predicted molar refractivity (Wildman–Crippen MR) is 95.1 cm³/mol. The number of benzene rings is 1. The lowest BCUT2D eigenvalue weighted by Gasteiger charge is -2.09. The van der Waals surface area contributed by atoms with Crippen LogP contribution in [0.25, 0.3) is 0 Å². The van der Waals surface area contributed by atoms with Gasteiger partial charge in [0, 0.05) is 18.3 Å². The van der Waals surface area contributed by atoms with E-state index >= 15 is 0 Å². The van der Waals surface area contributed by atoms with Crippen LogP contribution in [0.4, 0.5) is 5.69 Å². The summed E-state index contributed by atoms with van der Waals surface area (Å²) < 4.78 is 0. The second-order valence-corrected chi connectivity index (χ2v) is 5.98. The Morgan fingerprint density at radius 1 is 1.20 bits per heavy atom. The number of nitrogens with zero attached hydrogens (tertiary/aromatic N) is 2. The third kappa shape index (κ3) is 5.15. The maximum absolute atomic E-state index is 12.4. The highest BCUT2D eigenvalue weighted by molar-refractivity contribution is 6.06. The molecule has 0 saturated carbocycles. The molecule has 0 aliphatic rings. The lowest BCUT2D eigenvalue weighted by molar-refractivity contribution is 0.0947. The number of nitrogens with one attached hydrogen (secondary N) is 2. The number of nitriles is 1. The van der Waals surface area contributed by atoms with Gasteiger partial charge < -0.3 is 10.6 Å². The molecule has 2 amide bonds. The van der Waals surface area contributed by atoms with Gasteiger partial charge in [0.15, 0.2) is 0 Å². The minimum absolute atomic E-state index is 0.185. The van der Waals surface area contributed by atoms with Crippen molar-refractivity contribution >= 4 is 17.5 Å². The maximum Gasteiger partial charge on any atom is 0.269 e. The summed E-state index contributed by atoms with van der Waals surface area (Å²) in [5.41, 5.74) is 1.29. The number of hydrogen-bond donors (Lipinski definition) is 2. The summed E-state index contributed by atoms with van der Waals surface area (Å²) in [6.45, 7) is 4.72. The van der Waals surface area contributed by atoms with Gasteiger partial charge in [0.25, 0.3) is 11.8 Å². The van der Waals surface area contributed by atoms with Crippen LogP contribution in [0.1, 0.15) is 46.7 Å². The number of hydrogen-bond acceptors (Lipinski definition) is 4. The minimum atomic E-state index is -0.402. The summed E-state index contributed by atoms with van der Waals surface area (Å²) in [7, 11) is 0. The van der Waals surface area contributed by atoms with Gasteiger partial charge in [-0.05, 0) is 36.6 Å². The zero-order chi connectivity index (χ0) is 18.2. The molecule has 0 spiro atoms. The molecule has 0 radical (unpaired) electrons. The van der Waals surface area contributed by atoms with E-state index < -0.39 is 5.91 Å². The second-order valence-electron chi connectivity index (χ2n) is 5.98. The van der Waals surface area contributed by atoms with Gasteiger partial charge in [-0.3, -0.25) is 14.6 Å². The normalized spacial score (nSPS) is 10.2. The molecule has 1 aromatic carbocycles. The van der Waals surface area contributed by atoms with Crippen molar-refractivity contribution in [2.24, 2.45) is 5.92 Å². The van der Waals surface area contributed by atoms with E-state index in [1.165, 1.54) is 18.3 Å². The fraction of sp³-hybridized carbons (Fsp3) is 0.263. The van der Waals surface area contributed by atoms with Crippen molar-refractivity contribution in [2.45, 2.75) is 20.3 Å². The molecule has 1 heterocycles. The van der Waals surface area contributed by atoms with E-state index in [-0.39, 0.29) is 11.6 Å². The number of amides is 2. The minimum Gasteiger partial charge on any atom is -0.351 e. The van der Waals surface area contributed by atoms with E-state index in [1.807, 2.05) is 6.07 Å². The number of aromatic nitrogens is 1. The molecular weight excluding hydrogens is 316 g/mol. The molecule has 0 unspecified atom stereocenters. The smallest absolute Gasteiger partial charge is 0.269 e. The SMILES string of the molecule is CC(C)CCNC(=O)c1cc(C(=O)Nc2ccccc2C#N)ccn1. The highest BCUT2D eigenvalue weighted by Gasteiger charge is 2.13. The largest absolute Gasteiger partial charge is 0.351 e. The Balaban J connectivity index is 2.08. The molecule has 6 nitrogen and oxygen atoms in total. The zero-order valence-corrected chi connectivity index (χ0v) is 14.2. The molecule has 2 aromatic rings. The second kappa shape index (κ2) is 8.60. The average Bonchev–Trinajstić information content (AvgIpc) is 2.61. The Kier molecular flexibility index (Phi) is 6.24. The monoisotopic (exact) mass is 336 g/mol. The first-order valence-corrected chi connectivity index (χ1v) is 8.06. The first-order chi connectivity index (χ1) is 12.0. The number of para-hydroxylation sites is 1. The van der Waals surface area contributed by atoms with Crippen molar-refractivity contribution < 1.29 is 9.59 Å². The fourth-order valence-corrected chi connectivity index (χ4v) is 2.14. The molecule has 0 atom stereocenters. The molecule has 2 rings (SSSR count). The number of carbonyl (C=O) groups is 2. The number of pyridine rings is 1. The Morgan fingerprint density at radius 3 is 2.68 bits per heavy atom. The van der Waals surface area contributed by atoms with Crippen molar-refractivity contribution in [3.8, 4) is 6.07 Å². The highest BCUT2D eigenvalue weighted by atomic mass is 16.2. The molecule has 2 N–H and O–H groups in total. The van der Waals surface area contributed by atoms with Gasteiger partial charge in [-0.15, -0.1) is 0 Å². The summed E-state index contributed by atoms with van der Waals surface area (Å²) in [5, 5.41) is 14.5. The third-order valence-electron chi connectivity index (χ3n) is 3.56. The maximum atomic E-state index is 12.4. The van der Waals surface area contributed by atoms with Gasteiger partial charge >= 0.3 is 0 Å². The molecule has 0 aliphatic carbocycles. The van der Waals surface area contributed by atoms with E-state index in [1.54, 1.807) is 24.3 Å². The summed E-state index contributed by atoms with van der Waals surface area (Å²) in [4.78, 5) is 28.5. The highest BCUT2D eigenvalue weighted by Crippen LogP contribution is 2.15. The van der Waals surface area contributed by atoms with Gasteiger partial charge in [0.05, 0.1) is 11.3 Å². The molecule has 0 saturated heterocycles. The topological polar surface area (TPSA) is 94.9 Å². The lowest BCUT2D eigenvalue weighted by Crippen LogP contribution is -2.26. The van der Waals surface area contributed by atoms with Crippen molar-refractivity contribution in [1.29, 1.82) is 5.26 Å². The van der Waals surface area contributed by atoms with Crippen molar-refractivity contribution in [2.75, 3.05) is 11.9 Å². The van der Waals surface area contributed by atoms with E-state index in [0.29, 0.717) is 29.3 Å². The number of anilines is 1. The van der Waals surface area contributed by atoms with Crippen LogP contribution in [-0.2, 0) is 0 Å². The van der Waals surface area contributed by atoms with Gasteiger partial charge in [0.1, 0.15) is 11.8 Å². The third-order valence-corrected chi connectivity index (χ3v) is 3.56. The Morgan fingerprint density at radius 2 is 1.96 bits per heavy atom. The predicted octanol–water partition coefficient (Wildman–Crippen LogP) is 2.98.